The molecule has 15 heavy (non-hydrogen) atoms. The summed E-state index contributed by atoms with van der Waals surface area (Å²) < 4.78 is 7.63. The quantitative estimate of drug-likeness (QED) is 0.815. The molecule has 0 amide bonds. The monoisotopic (exact) mass is 204 g/mol. The zero-order valence-corrected chi connectivity index (χ0v) is 9.16. The van der Waals surface area contributed by atoms with Gasteiger partial charge in [-0.15, -0.1) is 0 Å². The van der Waals surface area contributed by atoms with Gasteiger partial charge in [0.05, 0.1) is 6.61 Å². The van der Waals surface area contributed by atoms with E-state index in [4.69, 9.17) is 4.74 Å². The average molecular weight is 204 g/mol. The van der Waals surface area contributed by atoms with Crippen molar-refractivity contribution in [2.24, 2.45) is 0 Å². The first-order valence-electron chi connectivity index (χ1n) is 5.33. The smallest absolute Gasteiger partial charge is 0.199 e. The van der Waals surface area contributed by atoms with Gasteiger partial charge in [0.1, 0.15) is 5.82 Å². The first-order chi connectivity index (χ1) is 7.35. The molecule has 0 spiro atoms. The summed E-state index contributed by atoms with van der Waals surface area (Å²) in [7, 11) is 0. The number of aromatic amines is 1. The van der Waals surface area contributed by atoms with Crippen LogP contribution in [0.25, 0.3) is 5.82 Å². The molecule has 80 valence electrons. The molecule has 0 fully saturated rings. The lowest BCUT2D eigenvalue weighted by atomic mass is 10.3. The maximum Gasteiger partial charge on any atom is 0.199 e. The van der Waals surface area contributed by atoms with Crippen molar-refractivity contribution < 1.29 is 4.74 Å². The van der Waals surface area contributed by atoms with Gasteiger partial charge in [-0.3, -0.25) is 4.57 Å². The fraction of sp³-hybridized carbons (Fsp3) is 0.333. The van der Waals surface area contributed by atoms with Crippen LogP contribution < -0.4 is 4.74 Å². The molecule has 0 unspecified atom stereocenters. The number of hydrogen-bond donors (Lipinski definition) is 1. The van der Waals surface area contributed by atoms with E-state index in [1.807, 2.05) is 29.8 Å². The predicted molar refractivity (Wildman–Crippen MR) is 60.7 cm³/mol. The lowest BCUT2D eigenvalue weighted by Crippen LogP contribution is -1.99. The van der Waals surface area contributed by atoms with Crippen LogP contribution in [0.3, 0.4) is 0 Å². The van der Waals surface area contributed by atoms with Gasteiger partial charge in [-0.25, -0.2) is 0 Å². The van der Waals surface area contributed by atoms with Crippen LogP contribution in [0.2, 0.25) is 0 Å². The van der Waals surface area contributed by atoms with E-state index in [1.54, 1.807) is 0 Å². The Bertz CT molecular complexity index is 415. The molecule has 0 aromatic carbocycles. The Morgan fingerprint density at radius 1 is 1.40 bits per heavy atom. The van der Waals surface area contributed by atoms with Crippen LogP contribution >= 0.6 is 0 Å². The Hall–Kier alpha value is -1.64. The lowest BCUT2D eigenvalue weighted by molar-refractivity contribution is 0.320. The van der Waals surface area contributed by atoms with E-state index in [2.05, 4.69) is 24.2 Å². The van der Waals surface area contributed by atoms with E-state index in [9.17, 15) is 0 Å². The second-order valence-electron chi connectivity index (χ2n) is 3.40. The first kappa shape index (κ1) is 9.90. The summed E-state index contributed by atoms with van der Waals surface area (Å²) in [5, 5.41) is 0. The van der Waals surface area contributed by atoms with Crippen LogP contribution in [0.4, 0.5) is 0 Å². The number of hydrogen-bond acceptors (Lipinski definition) is 1. The Balaban J connectivity index is 2.40. The molecule has 0 saturated carbocycles. The van der Waals surface area contributed by atoms with Gasteiger partial charge in [-0.2, -0.15) is 0 Å². The van der Waals surface area contributed by atoms with Gasteiger partial charge in [0.2, 0.25) is 0 Å². The fourth-order valence-electron chi connectivity index (χ4n) is 1.61. The van der Waals surface area contributed by atoms with Crippen molar-refractivity contribution in [1.82, 2.24) is 9.55 Å². The highest BCUT2D eigenvalue weighted by Gasteiger charge is 2.07. The number of nitrogens with one attached hydrogen (secondary N) is 1. The molecule has 2 aromatic heterocycles. The van der Waals surface area contributed by atoms with E-state index >= 15 is 0 Å². The molecule has 3 heteroatoms. The molecule has 2 heterocycles. The van der Waals surface area contributed by atoms with Gasteiger partial charge >= 0.3 is 0 Å². The third kappa shape index (κ3) is 1.91. The average Bonchev–Trinajstić information content (AvgIpc) is 2.85. The van der Waals surface area contributed by atoms with Crippen LogP contribution in [0.5, 0.6) is 5.88 Å². The number of H-pyrrole nitrogens is 1. The Morgan fingerprint density at radius 2 is 2.27 bits per heavy atom. The normalized spacial score (nSPS) is 10.5. The zero-order valence-electron chi connectivity index (χ0n) is 9.16. The Labute approximate surface area is 89.7 Å². The molecule has 2 aromatic rings. The molecule has 2 rings (SSSR count). The molecule has 0 aliphatic rings. The summed E-state index contributed by atoms with van der Waals surface area (Å²) in [5.74, 6) is 1.94. The topological polar surface area (TPSA) is 29.9 Å². The summed E-state index contributed by atoms with van der Waals surface area (Å²) in [6.07, 6.45) is 5.04. The third-order valence-corrected chi connectivity index (χ3v) is 2.38. The highest BCUT2D eigenvalue weighted by atomic mass is 16.5. The summed E-state index contributed by atoms with van der Waals surface area (Å²) in [6.45, 7) is 4.83. The van der Waals surface area contributed by atoms with Crippen molar-refractivity contribution in [3.05, 3.63) is 36.2 Å². The van der Waals surface area contributed by atoms with Crippen LogP contribution in [0.15, 0.2) is 30.6 Å². The molecular formula is C12H16N2O. The highest BCUT2D eigenvalue weighted by molar-refractivity contribution is 5.35. The number of ether oxygens (including phenoxy) is 1. The van der Waals surface area contributed by atoms with E-state index in [0.29, 0.717) is 6.61 Å². The van der Waals surface area contributed by atoms with Crippen molar-refractivity contribution in [3.63, 3.8) is 0 Å². The van der Waals surface area contributed by atoms with E-state index in [1.165, 1.54) is 5.56 Å². The van der Waals surface area contributed by atoms with Gasteiger partial charge in [-0.1, -0.05) is 6.92 Å². The summed E-state index contributed by atoms with van der Waals surface area (Å²) in [4.78, 5) is 3.17. The SMILES string of the molecule is CCOc1cc(CC)cn1-c1ccc[nH]1. The van der Waals surface area contributed by atoms with Gasteiger partial charge in [0, 0.05) is 18.5 Å². The minimum atomic E-state index is 0.688. The van der Waals surface area contributed by atoms with Crippen LogP contribution in [0, 0.1) is 0 Å². The zero-order chi connectivity index (χ0) is 10.7. The summed E-state index contributed by atoms with van der Waals surface area (Å²) in [5.41, 5.74) is 1.29. The minimum Gasteiger partial charge on any atom is -0.479 e. The van der Waals surface area contributed by atoms with Crippen LogP contribution in [-0.4, -0.2) is 16.2 Å². The van der Waals surface area contributed by atoms with Crippen molar-refractivity contribution in [3.8, 4) is 11.7 Å². The molecule has 0 bridgehead atoms. The minimum absolute atomic E-state index is 0.688. The van der Waals surface area contributed by atoms with E-state index in [0.717, 1.165) is 18.1 Å². The Morgan fingerprint density at radius 3 is 2.87 bits per heavy atom. The molecule has 1 N–H and O–H groups in total. The number of nitrogens with zero attached hydrogens (tertiary/aromatic N) is 1. The maximum absolute atomic E-state index is 5.59. The summed E-state index contributed by atoms with van der Waals surface area (Å²) >= 11 is 0. The number of aromatic nitrogens is 2. The van der Waals surface area contributed by atoms with Gasteiger partial charge in [-0.05, 0) is 31.0 Å². The van der Waals surface area contributed by atoms with Crippen molar-refractivity contribution in [2.75, 3.05) is 6.61 Å². The molecular weight excluding hydrogens is 188 g/mol. The molecule has 3 nitrogen and oxygen atoms in total. The van der Waals surface area contributed by atoms with Crippen LogP contribution in [-0.2, 0) is 6.42 Å². The lowest BCUT2D eigenvalue weighted by Gasteiger charge is -2.06. The van der Waals surface area contributed by atoms with Gasteiger partial charge in [0.25, 0.3) is 0 Å². The van der Waals surface area contributed by atoms with Crippen molar-refractivity contribution in [1.29, 1.82) is 0 Å². The largest absolute Gasteiger partial charge is 0.479 e. The van der Waals surface area contributed by atoms with Crippen molar-refractivity contribution >= 4 is 0 Å². The van der Waals surface area contributed by atoms with Crippen LogP contribution in [0.1, 0.15) is 19.4 Å². The Kier molecular flexibility index (Phi) is 2.81. The number of aryl methyl sites for hydroxylation is 1. The molecule has 0 radical (unpaired) electrons. The highest BCUT2D eigenvalue weighted by Crippen LogP contribution is 2.21. The van der Waals surface area contributed by atoms with Gasteiger partial charge < -0.3 is 9.72 Å². The molecule has 0 aliphatic heterocycles. The fourth-order valence-corrected chi connectivity index (χ4v) is 1.61. The second-order valence-corrected chi connectivity index (χ2v) is 3.40. The van der Waals surface area contributed by atoms with Gasteiger partial charge in [0.15, 0.2) is 5.88 Å². The van der Waals surface area contributed by atoms with E-state index in [-0.39, 0.29) is 0 Å². The molecule has 0 aliphatic carbocycles. The first-order valence-corrected chi connectivity index (χ1v) is 5.33. The third-order valence-electron chi connectivity index (χ3n) is 2.38. The van der Waals surface area contributed by atoms with E-state index < -0.39 is 0 Å². The second kappa shape index (κ2) is 4.26. The summed E-state index contributed by atoms with van der Waals surface area (Å²) in [6, 6.07) is 6.10. The maximum atomic E-state index is 5.59. The molecule has 0 saturated heterocycles. The van der Waals surface area contributed by atoms with Crippen molar-refractivity contribution in [2.45, 2.75) is 20.3 Å². The number of rotatable bonds is 4. The molecule has 0 atom stereocenters. The predicted octanol–water partition coefficient (Wildman–Crippen LogP) is 2.77. The standard InChI is InChI=1S/C12H16N2O/c1-3-10-8-12(15-4-2)14(9-10)11-6-5-7-13-11/h5-9,13H,3-4H2,1-2H3.